The standard InChI is InChI=1S/C12H18N2O2S/c1-2-16-12(15)10-4-5-11(17-10)14-8-3-6-13-7-9-14/h4-5,13H,2-3,6-9H2,1H3. The number of hydrogen-bond acceptors (Lipinski definition) is 5. The molecule has 0 amide bonds. The molecular formula is C12H18N2O2S. The lowest BCUT2D eigenvalue weighted by molar-refractivity contribution is 0.0532. The Balaban J connectivity index is 2.03. The van der Waals surface area contributed by atoms with Gasteiger partial charge >= 0.3 is 5.97 Å². The van der Waals surface area contributed by atoms with E-state index in [2.05, 4.69) is 10.2 Å². The first kappa shape index (κ1) is 12.4. The second kappa shape index (κ2) is 6.02. The third-order valence-electron chi connectivity index (χ3n) is 2.72. The third kappa shape index (κ3) is 3.20. The molecule has 1 saturated heterocycles. The van der Waals surface area contributed by atoms with Crippen LogP contribution in [0.1, 0.15) is 23.0 Å². The maximum Gasteiger partial charge on any atom is 0.348 e. The Hall–Kier alpha value is -1.07. The molecule has 1 aromatic heterocycles. The van der Waals surface area contributed by atoms with E-state index in [1.807, 2.05) is 19.1 Å². The minimum atomic E-state index is -0.211. The molecule has 0 bridgehead atoms. The number of carbonyl (C=O) groups is 1. The number of carbonyl (C=O) groups excluding carboxylic acids is 1. The van der Waals surface area contributed by atoms with Crippen LogP contribution >= 0.6 is 11.3 Å². The lowest BCUT2D eigenvalue weighted by Gasteiger charge is -2.19. The lowest BCUT2D eigenvalue weighted by atomic mass is 10.4. The molecule has 0 radical (unpaired) electrons. The summed E-state index contributed by atoms with van der Waals surface area (Å²) in [6.07, 6.45) is 1.15. The molecule has 0 unspecified atom stereocenters. The van der Waals surface area contributed by atoms with E-state index in [-0.39, 0.29) is 5.97 Å². The van der Waals surface area contributed by atoms with Gasteiger partial charge in [-0.05, 0) is 32.0 Å². The quantitative estimate of drug-likeness (QED) is 0.834. The molecule has 0 aliphatic carbocycles. The third-order valence-corrected chi connectivity index (χ3v) is 3.85. The van der Waals surface area contributed by atoms with Gasteiger partial charge in [0.1, 0.15) is 4.88 Å². The van der Waals surface area contributed by atoms with Crippen LogP contribution in [0.4, 0.5) is 5.00 Å². The van der Waals surface area contributed by atoms with Crippen LogP contribution in [0.15, 0.2) is 12.1 Å². The van der Waals surface area contributed by atoms with Crippen molar-refractivity contribution in [3.63, 3.8) is 0 Å². The normalized spacial score (nSPS) is 16.6. The van der Waals surface area contributed by atoms with Crippen LogP contribution in [-0.2, 0) is 4.74 Å². The molecule has 0 saturated carbocycles. The summed E-state index contributed by atoms with van der Waals surface area (Å²) in [5.41, 5.74) is 0. The Morgan fingerprint density at radius 3 is 3.18 bits per heavy atom. The van der Waals surface area contributed by atoms with Crippen molar-refractivity contribution in [2.45, 2.75) is 13.3 Å². The maximum absolute atomic E-state index is 11.6. The van der Waals surface area contributed by atoms with Gasteiger partial charge in [0.2, 0.25) is 0 Å². The Bertz CT molecular complexity index is 370. The van der Waals surface area contributed by atoms with E-state index in [0.717, 1.165) is 37.6 Å². The van der Waals surface area contributed by atoms with Crippen LogP contribution < -0.4 is 10.2 Å². The minimum absolute atomic E-state index is 0.211. The highest BCUT2D eigenvalue weighted by molar-refractivity contribution is 7.17. The van der Waals surface area contributed by atoms with Gasteiger partial charge in [-0.3, -0.25) is 0 Å². The van der Waals surface area contributed by atoms with E-state index in [1.54, 1.807) is 0 Å². The molecule has 1 N–H and O–H groups in total. The second-order valence-corrected chi connectivity index (χ2v) is 5.01. The zero-order chi connectivity index (χ0) is 12.1. The first-order chi connectivity index (χ1) is 8.31. The van der Waals surface area contributed by atoms with E-state index in [0.29, 0.717) is 11.5 Å². The Morgan fingerprint density at radius 2 is 2.35 bits per heavy atom. The predicted molar refractivity (Wildman–Crippen MR) is 70.0 cm³/mol. The Morgan fingerprint density at radius 1 is 1.47 bits per heavy atom. The van der Waals surface area contributed by atoms with E-state index in [9.17, 15) is 4.79 Å². The molecule has 4 nitrogen and oxygen atoms in total. The van der Waals surface area contributed by atoms with Crippen molar-refractivity contribution in [3.05, 3.63) is 17.0 Å². The van der Waals surface area contributed by atoms with Gasteiger partial charge in [-0.1, -0.05) is 0 Å². The molecule has 0 spiro atoms. The van der Waals surface area contributed by atoms with Gasteiger partial charge in [0.15, 0.2) is 0 Å². The highest BCUT2D eigenvalue weighted by Gasteiger charge is 2.15. The molecule has 94 valence electrons. The smallest absolute Gasteiger partial charge is 0.348 e. The number of nitrogens with one attached hydrogen (secondary N) is 1. The van der Waals surface area contributed by atoms with E-state index in [1.165, 1.54) is 11.3 Å². The van der Waals surface area contributed by atoms with Crippen molar-refractivity contribution < 1.29 is 9.53 Å². The molecule has 2 heterocycles. The number of hydrogen-bond donors (Lipinski definition) is 1. The maximum atomic E-state index is 11.6. The number of anilines is 1. The predicted octanol–water partition coefficient (Wildman–Crippen LogP) is 1.72. The molecule has 1 aromatic rings. The van der Waals surface area contributed by atoms with Gasteiger partial charge < -0.3 is 15.0 Å². The van der Waals surface area contributed by atoms with Gasteiger partial charge in [-0.15, -0.1) is 11.3 Å². The van der Waals surface area contributed by atoms with E-state index in [4.69, 9.17) is 4.74 Å². The van der Waals surface area contributed by atoms with Crippen molar-refractivity contribution >= 4 is 22.3 Å². The zero-order valence-corrected chi connectivity index (χ0v) is 10.9. The van der Waals surface area contributed by atoms with Gasteiger partial charge in [0.05, 0.1) is 11.6 Å². The number of nitrogens with zero attached hydrogens (tertiary/aromatic N) is 1. The van der Waals surface area contributed by atoms with Crippen molar-refractivity contribution in [1.29, 1.82) is 0 Å². The summed E-state index contributed by atoms with van der Waals surface area (Å²) in [5.74, 6) is -0.211. The van der Waals surface area contributed by atoms with Crippen molar-refractivity contribution in [2.75, 3.05) is 37.7 Å². The van der Waals surface area contributed by atoms with Crippen molar-refractivity contribution in [3.8, 4) is 0 Å². The summed E-state index contributed by atoms with van der Waals surface area (Å²) >= 11 is 1.52. The van der Waals surface area contributed by atoms with Gasteiger partial charge in [0, 0.05) is 19.6 Å². The van der Waals surface area contributed by atoms with E-state index < -0.39 is 0 Å². The lowest BCUT2D eigenvalue weighted by Crippen LogP contribution is -2.26. The molecule has 1 aliphatic heterocycles. The van der Waals surface area contributed by atoms with Crippen molar-refractivity contribution in [1.82, 2.24) is 5.32 Å². The molecule has 0 aromatic carbocycles. The zero-order valence-electron chi connectivity index (χ0n) is 10.1. The average Bonchev–Trinajstić information content (AvgIpc) is 2.66. The fraction of sp³-hybridized carbons (Fsp3) is 0.583. The summed E-state index contributed by atoms with van der Waals surface area (Å²) in [7, 11) is 0. The summed E-state index contributed by atoms with van der Waals surface area (Å²) in [6.45, 7) is 6.39. The molecule has 2 rings (SSSR count). The van der Waals surface area contributed by atoms with Crippen LogP contribution in [0.5, 0.6) is 0 Å². The van der Waals surface area contributed by atoms with Gasteiger partial charge in [-0.2, -0.15) is 0 Å². The monoisotopic (exact) mass is 254 g/mol. The van der Waals surface area contributed by atoms with Gasteiger partial charge in [0.25, 0.3) is 0 Å². The molecular weight excluding hydrogens is 236 g/mol. The van der Waals surface area contributed by atoms with Crippen LogP contribution in [0, 0.1) is 0 Å². The summed E-state index contributed by atoms with van der Waals surface area (Å²) in [4.78, 5) is 14.6. The minimum Gasteiger partial charge on any atom is -0.462 e. The molecule has 1 fully saturated rings. The second-order valence-electron chi connectivity index (χ2n) is 3.95. The fourth-order valence-electron chi connectivity index (χ4n) is 1.88. The molecule has 1 aliphatic rings. The molecule has 0 atom stereocenters. The number of ether oxygens (including phenoxy) is 1. The molecule has 17 heavy (non-hydrogen) atoms. The van der Waals surface area contributed by atoms with Crippen molar-refractivity contribution in [2.24, 2.45) is 0 Å². The fourth-order valence-corrected chi connectivity index (χ4v) is 2.83. The molecule has 5 heteroatoms. The Labute approximate surface area is 106 Å². The number of rotatable bonds is 3. The SMILES string of the molecule is CCOC(=O)c1ccc(N2CCCNCC2)s1. The highest BCUT2D eigenvalue weighted by Crippen LogP contribution is 2.27. The van der Waals surface area contributed by atoms with Crippen LogP contribution in [0.3, 0.4) is 0 Å². The van der Waals surface area contributed by atoms with Crippen LogP contribution in [-0.4, -0.2) is 38.8 Å². The van der Waals surface area contributed by atoms with Gasteiger partial charge in [-0.25, -0.2) is 4.79 Å². The first-order valence-corrected chi connectivity index (χ1v) is 6.85. The topological polar surface area (TPSA) is 41.6 Å². The van der Waals surface area contributed by atoms with E-state index >= 15 is 0 Å². The summed E-state index contributed by atoms with van der Waals surface area (Å²) in [5, 5.41) is 4.53. The first-order valence-electron chi connectivity index (χ1n) is 6.04. The largest absolute Gasteiger partial charge is 0.462 e. The Kier molecular flexibility index (Phi) is 4.39. The average molecular weight is 254 g/mol. The summed E-state index contributed by atoms with van der Waals surface area (Å²) < 4.78 is 4.99. The van der Waals surface area contributed by atoms with Crippen LogP contribution in [0.25, 0.3) is 0 Å². The number of thiophene rings is 1. The number of esters is 1. The van der Waals surface area contributed by atoms with Crippen LogP contribution in [0.2, 0.25) is 0 Å². The summed E-state index contributed by atoms with van der Waals surface area (Å²) in [6, 6.07) is 3.87. The highest BCUT2D eigenvalue weighted by atomic mass is 32.1.